The fraction of sp³-hybridized carbons (Fsp3) is 0.818. The first-order valence-corrected chi connectivity index (χ1v) is 5.86. The maximum absolute atomic E-state index is 12.3. The minimum Gasteiger partial charge on any atom is -0.481 e. The van der Waals surface area contributed by atoms with Crippen molar-refractivity contribution in [2.75, 3.05) is 13.1 Å². The predicted octanol–water partition coefficient (Wildman–Crippen LogP) is 1.51. The zero-order chi connectivity index (χ0) is 13.5. The molecular formula is C11H14F3NO3. The van der Waals surface area contributed by atoms with Gasteiger partial charge < -0.3 is 10.0 Å². The molecule has 1 amide bonds. The fourth-order valence-electron chi connectivity index (χ4n) is 3.11. The van der Waals surface area contributed by atoms with E-state index in [1.54, 1.807) is 0 Å². The number of rotatable bonds is 1. The molecule has 0 spiro atoms. The molecule has 18 heavy (non-hydrogen) atoms. The van der Waals surface area contributed by atoms with Gasteiger partial charge in [0.05, 0.1) is 5.92 Å². The molecule has 1 unspecified atom stereocenters. The third-order valence-electron chi connectivity index (χ3n) is 3.74. The van der Waals surface area contributed by atoms with Crippen molar-refractivity contribution in [3.05, 3.63) is 0 Å². The molecule has 0 radical (unpaired) electrons. The van der Waals surface area contributed by atoms with Gasteiger partial charge in [0.15, 0.2) is 0 Å². The first-order valence-electron chi connectivity index (χ1n) is 5.86. The Bertz CT molecular complexity index is 355. The number of aliphatic carboxylic acids is 1. The fourth-order valence-corrected chi connectivity index (χ4v) is 3.11. The van der Waals surface area contributed by atoms with Crippen molar-refractivity contribution in [2.45, 2.75) is 25.4 Å². The minimum absolute atomic E-state index is 0.0264. The Morgan fingerprint density at radius 3 is 1.94 bits per heavy atom. The second-order valence-corrected chi connectivity index (χ2v) is 5.18. The molecule has 0 aromatic rings. The van der Waals surface area contributed by atoms with Crippen molar-refractivity contribution in [2.24, 2.45) is 17.8 Å². The van der Waals surface area contributed by atoms with Gasteiger partial charge in [-0.05, 0) is 31.1 Å². The Kier molecular flexibility index (Phi) is 3.25. The molecule has 0 aromatic carbocycles. The van der Waals surface area contributed by atoms with Gasteiger partial charge in [0.1, 0.15) is 0 Å². The molecule has 1 N–H and O–H groups in total. The summed E-state index contributed by atoms with van der Waals surface area (Å²) in [7, 11) is 0. The Labute approximate surface area is 102 Å². The molecular weight excluding hydrogens is 251 g/mol. The second-order valence-electron chi connectivity index (χ2n) is 5.18. The predicted molar refractivity (Wildman–Crippen MR) is 54.6 cm³/mol. The number of alkyl halides is 3. The van der Waals surface area contributed by atoms with E-state index in [-0.39, 0.29) is 24.9 Å². The van der Waals surface area contributed by atoms with Crippen LogP contribution >= 0.6 is 0 Å². The third kappa shape index (κ3) is 2.59. The summed E-state index contributed by atoms with van der Waals surface area (Å²) < 4.78 is 37.0. The summed E-state index contributed by atoms with van der Waals surface area (Å²) in [5.41, 5.74) is 0. The van der Waals surface area contributed by atoms with E-state index in [0.717, 1.165) is 11.3 Å². The first kappa shape index (κ1) is 13.2. The van der Waals surface area contributed by atoms with Crippen LogP contribution in [-0.2, 0) is 9.59 Å². The topological polar surface area (TPSA) is 57.6 Å². The summed E-state index contributed by atoms with van der Waals surface area (Å²) >= 11 is 0. The van der Waals surface area contributed by atoms with Gasteiger partial charge in [0.2, 0.25) is 0 Å². The number of halogens is 3. The molecule has 3 atom stereocenters. The van der Waals surface area contributed by atoms with Crippen molar-refractivity contribution in [1.82, 2.24) is 4.90 Å². The van der Waals surface area contributed by atoms with Crippen molar-refractivity contribution in [3.63, 3.8) is 0 Å². The third-order valence-corrected chi connectivity index (χ3v) is 3.74. The lowest BCUT2D eigenvalue weighted by Crippen LogP contribution is -2.51. The van der Waals surface area contributed by atoms with Gasteiger partial charge >= 0.3 is 18.1 Å². The van der Waals surface area contributed by atoms with Crippen LogP contribution in [0.25, 0.3) is 0 Å². The van der Waals surface area contributed by atoms with Gasteiger partial charge in [-0.3, -0.25) is 9.59 Å². The van der Waals surface area contributed by atoms with E-state index in [1.165, 1.54) is 0 Å². The number of amides is 1. The molecule has 2 aliphatic rings. The lowest BCUT2D eigenvalue weighted by molar-refractivity contribution is -0.189. The molecule has 1 saturated carbocycles. The van der Waals surface area contributed by atoms with Crippen LogP contribution in [0.4, 0.5) is 13.2 Å². The van der Waals surface area contributed by atoms with Crippen LogP contribution in [0.1, 0.15) is 19.3 Å². The van der Waals surface area contributed by atoms with Gasteiger partial charge in [0, 0.05) is 13.1 Å². The molecule has 102 valence electrons. The molecule has 7 heteroatoms. The number of carboxylic acids is 1. The number of likely N-dealkylation sites (tertiary alicyclic amines) is 1. The highest BCUT2D eigenvalue weighted by atomic mass is 19.4. The van der Waals surface area contributed by atoms with Crippen molar-refractivity contribution >= 4 is 11.9 Å². The van der Waals surface area contributed by atoms with Crippen LogP contribution in [0, 0.1) is 17.8 Å². The van der Waals surface area contributed by atoms with Crippen molar-refractivity contribution in [1.29, 1.82) is 0 Å². The maximum atomic E-state index is 12.3. The molecule has 4 nitrogen and oxygen atoms in total. The van der Waals surface area contributed by atoms with Crippen LogP contribution in [0.15, 0.2) is 0 Å². The molecule has 0 aromatic heterocycles. The maximum Gasteiger partial charge on any atom is 0.471 e. The smallest absolute Gasteiger partial charge is 0.471 e. The Hall–Kier alpha value is -1.27. The van der Waals surface area contributed by atoms with Crippen LogP contribution < -0.4 is 0 Å². The zero-order valence-electron chi connectivity index (χ0n) is 9.61. The van der Waals surface area contributed by atoms with Crippen LogP contribution in [0.2, 0.25) is 0 Å². The van der Waals surface area contributed by atoms with Crippen LogP contribution in [0.3, 0.4) is 0 Å². The molecule has 2 bridgehead atoms. The normalized spacial score (nSPS) is 32.2. The van der Waals surface area contributed by atoms with E-state index < -0.39 is 24.0 Å². The molecule has 1 saturated heterocycles. The summed E-state index contributed by atoms with van der Waals surface area (Å²) in [6.07, 6.45) is -3.37. The highest BCUT2D eigenvalue weighted by molar-refractivity contribution is 5.82. The highest BCUT2D eigenvalue weighted by Crippen LogP contribution is 2.39. The lowest BCUT2D eigenvalue weighted by atomic mass is 9.72. The number of carbonyl (C=O) groups is 2. The summed E-state index contributed by atoms with van der Waals surface area (Å²) in [4.78, 5) is 22.9. The monoisotopic (exact) mass is 265 g/mol. The Balaban J connectivity index is 2.03. The molecule has 1 aliphatic heterocycles. The largest absolute Gasteiger partial charge is 0.481 e. The summed E-state index contributed by atoms with van der Waals surface area (Å²) in [5, 5.41) is 8.94. The van der Waals surface area contributed by atoms with E-state index >= 15 is 0 Å². The van der Waals surface area contributed by atoms with Crippen molar-refractivity contribution < 1.29 is 27.9 Å². The van der Waals surface area contributed by atoms with Crippen molar-refractivity contribution in [3.8, 4) is 0 Å². The summed E-state index contributed by atoms with van der Waals surface area (Å²) in [5.74, 6) is -3.40. The van der Waals surface area contributed by atoms with Gasteiger partial charge in [-0.15, -0.1) is 0 Å². The average Bonchev–Trinajstić information content (AvgIpc) is 2.25. The van der Waals surface area contributed by atoms with Gasteiger partial charge in [-0.25, -0.2) is 0 Å². The number of carboxylic acid groups (broad SMARTS) is 1. The van der Waals surface area contributed by atoms with Gasteiger partial charge in [-0.2, -0.15) is 13.2 Å². The minimum atomic E-state index is -4.84. The lowest BCUT2D eigenvalue weighted by Gasteiger charge is -2.43. The number of piperidine rings is 1. The SMILES string of the molecule is O=C(O)C1C[C@@H]2C[C@H](C1)CN(C(=O)C(F)(F)F)C2. The van der Waals surface area contributed by atoms with E-state index in [2.05, 4.69) is 0 Å². The average molecular weight is 265 g/mol. The Morgan fingerprint density at radius 1 is 1.06 bits per heavy atom. The van der Waals surface area contributed by atoms with E-state index in [0.29, 0.717) is 12.8 Å². The van der Waals surface area contributed by atoms with E-state index in [9.17, 15) is 22.8 Å². The summed E-state index contributed by atoms with van der Waals surface area (Å²) in [6.45, 7) is 0.0528. The first-order chi connectivity index (χ1) is 8.27. The van der Waals surface area contributed by atoms with Gasteiger partial charge in [-0.1, -0.05) is 0 Å². The van der Waals surface area contributed by atoms with Gasteiger partial charge in [0.25, 0.3) is 0 Å². The standard InChI is InChI=1S/C11H14F3NO3/c12-11(13,14)10(18)15-4-6-1-7(5-15)3-8(2-6)9(16)17/h6-8H,1-5H2,(H,16,17)/t6-,7+,8?. The summed E-state index contributed by atoms with van der Waals surface area (Å²) in [6, 6.07) is 0. The zero-order valence-corrected chi connectivity index (χ0v) is 9.61. The van der Waals surface area contributed by atoms with Crippen LogP contribution in [0.5, 0.6) is 0 Å². The Morgan fingerprint density at radius 2 is 1.56 bits per heavy atom. The molecule has 1 aliphatic carbocycles. The van der Waals surface area contributed by atoms with E-state index in [1.807, 2.05) is 0 Å². The number of nitrogens with zero attached hydrogens (tertiary/aromatic N) is 1. The second kappa shape index (κ2) is 4.44. The number of hydrogen-bond acceptors (Lipinski definition) is 2. The van der Waals surface area contributed by atoms with E-state index in [4.69, 9.17) is 5.11 Å². The quantitative estimate of drug-likeness (QED) is 0.781. The number of fused-ring (bicyclic) bond motifs is 2. The molecule has 2 rings (SSSR count). The number of hydrogen-bond donors (Lipinski definition) is 1. The molecule has 1 heterocycles. The highest BCUT2D eigenvalue weighted by Gasteiger charge is 2.47. The van der Waals surface area contributed by atoms with Crippen LogP contribution in [-0.4, -0.2) is 41.1 Å². The molecule has 2 fully saturated rings. The number of carbonyl (C=O) groups excluding carboxylic acids is 1.